The number of carboxylic acids is 1. The number of nitrogens with one attached hydrogen (secondary N) is 2. The molecule has 0 radical (unpaired) electrons. The molecule has 1 amide bonds. The molecule has 0 spiro atoms. The lowest BCUT2D eigenvalue weighted by Crippen LogP contribution is -2.37. The van der Waals surface area contributed by atoms with E-state index in [1.54, 1.807) is 0 Å². The van der Waals surface area contributed by atoms with Gasteiger partial charge in [-0.3, -0.25) is 9.59 Å². The number of carbonyl (C=O) groups is 2. The Balaban J connectivity index is 1.65. The molecule has 1 fully saturated rings. The lowest BCUT2D eigenvalue weighted by atomic mass is 9.81. The third-order valence-electron chi connectivity index (χ3n) is 4.57. The molecule has 6 nitrogen and oxygen atoms in total. The molecule has 1 saturated carbocycles. The lowest BCUT2D eigenvalue weighted by Gasteiger charge is -2.26. The fourth-order valence-corrected chi connectivity index (χ4v) is 3.23. The van der Waals surface area contributed by atoms with Crippen molar-refractivity contribution in [3.63, 3.8) is 0 Å². The van der Waals surface area contributed by atoms with Crippen molar-refractivity contribution in [3.05, 3.63) is 30.1 Å². The second-order valence-corrected chi connectivity index (χ2v) is 6.27. The molecule has 23 heavy (non-hydrogen) atoms. The molecule has 0 bridgehead atoms. The quantitative estimate of drug-likeness (QED) is 0.808. The smallest absolute Gasteiger partial charge is 0.306 e. The molecule has 3 N–H and O–H groups in total. The van der Waals surface area contributed by atoms with Crippen molar-refractivity contribution >= 4 is 22.9 Å². The summed E-state index contributed by atoms with van der Waals surface area (Å²) in [5, 5.41) is 12.1. The maximum absolute atomic E-state index is 12.4. The second kappa shape index (κ2) is 6.40. The molecule has 122 valence electrons. The highest BCUT2D eigenvalue weighted by atomic mass is 16.4. The molecule has 1 aromatic heterocycles. The van der Waals surface area contributed by atoms with E-state index in [-0.39, 0.29) is 17.9 Å². The summed E-state index contributed by atoms with van der Waals surface area (Å²) in [6.45, 7) is 1.88. The van der Waals surface area contributed by atoms with Crippen LogP contribution >= 0.6 is 0 Å². The van der Waals surface area contributed by atoms with E-state index in [0.717, 1.165) is 23.9 Å². The molecule has 1 aliphatic rings. The van der Waals surface area contributed by atoms with Crippen LogP contribution in [0.25, 0.3) is 11.0 Å². The van der Waals surface area contributed by atoms with Crippen LogP contribution in [0, 0.1) is 11.8 Å². The van der Waals surface area contributed by atoms with Crippen LogP contribution in [0.4, 0.5) is 0 Å². The zero-order valence-corrected chi connectivity index (χ0v) is 13.1. The van der Waals surface area contributed by atoms with Gasteiger partial charge in [-0.2, -0.15) is 0 Å². The summed E-state index contributed by atoms with van der Waals surface area (Å²) in [5.74, 6) is -0.792. The molecule has 2 aromatic rings. The normalized spacial score (nSPS) is 22.7. The molecule has 1 heterocycles. The lowest BCUT2D eigenvalue weighted by molar-refractivity contribution is -0.144. The van der Waals surface area contributed by atoms with Gasteiger partial charge in [-0.25, -0.2) is 4.98 Å². The van der Waals surface area contributed by atoms with Crippen LogP contribution in [0.5, 0.6) is 0 Å². The number of hydrogen-bond acceptors (Lipinski definition) is 3. The maximum Gasteiger partial charge on any atom is 0.306 e. The molecule has 3 unspecified atom stereocenters. The van der Waals surface area contributed by atoms with E-state index in [0.29, 0.717) is 18.7 Å². The highest BCUT2D eigenvalue weighted by molar-refractivity contribution is 5.81. The number of nitrogens with zero attached hydrogens (tertiary/aromatic N) is 1. The van der Waals surface area contributed by atoms with Crippen molar-refractivity contribution in [1.29, 1.82) is 0 Å². The first-order chi connectivity index (χ1) is 11.0. The minimum absolute atomic E-state index is 0.0797. The summed E-state index contributed by atoms with van der Waals surface area (Å²) in [7, 11) is 0. The molecule has 1 aromatic carbocycles. The van der Waals surface area contributed by atoms with Gasteiger partial charge in [0.15, 0.2) is 0 Å². The zero-order chi connectivity index (χ0) is 16.4. The van der Waals surface area contributed by atoms with Gasteiger partial charge in [0.25, 0.3) is 0 Å². The first-order valence-corrected chi connectivity index (χ1v) is 8.02. The largest absolute Gasteiger partial charge is 0.481 e. The standard InChI is InChI=1S/C17H21N3O3/c1-10(15-19-13-7-2-3-8-14(13)20-15)18-16(21)11-5-4-6-12(9-11)17(22)23/h2-3,7-8,10-12H,4-6,9H2,1H3,(H,18,21)(H,19,20)(H,22,23). The predicted octanol–water partition coefficient (Wildman–Crippen LogP) is 2.63. The van der Waals surface area contributed by atoms with Crippen LogP contribution in [0.15, 0.2) is 24.3 Å². The summed E-state index contributed by atoms with van der Waals surface area (Å²) in [6, 6.07) is 7.48. The number of para-hydroxylation sites is 2. The van der Waals surface area contributed by atoms with E-state index in [1.165, 1.54) is 0 Å². The average Bonchev–Trinajstić information content (AvgIpc) is 2.99. The number of fused-ring (bicyclic) bond motifs is 1. The highest BCUT2D eigenvalue weighted by Gasteiger charge is 2.31. The maximum atomic E-state index is 12.4. The van der Waals surface area contributed by atoms with Gasteiger partial charge in [0.05, 0.1) is 23.0 Å². The Bertz CT molecular complexity index is 692. The number of hydrogen-bond donors (Lipinski definition) is 3. The zero-order valence-electron chi connectivity index (χ0n) is 13.1. The van der Waals surface area contributed by atoms with Crippen LogP contribution in [0.2, 0.25) is 0 Å². The average molecular weight is 315 g/mol. The molecular formula is C17H21N3O3. The highest BCUT2D eigenvalue weighted by Crippen LogP contribution is 2.30. The number of imidazole rings is 1. The van der Waals surface area contributed by atoms with E-state index >= 15 is 0 Å². The van der Waals surface area contributed by atoms with Crippen molar-refractivity contribution < 1.29 is 14.7 Å². The van der Waals surface area contributed by atoms with E-state index in [2.05, 4.69) is 15.3 Å². The Hall–Kier alpha value is -2.37. The number of rotatable bonds is 4. The molecule has 6 heteroatoms. The van der Waals surface area contributed by atoms with Gasteiger partial charge < -0.3 is 15.4 Å². The molecular weight excluding hydrogens is 294 g/mol. The van der Waals surface area contributed by atoms with E-state index in [9.17, 15) is 9.59 Å². The molecule has 0 saturated heterocycles. The fourth-order valence-electron chi connectivity index (χ4n) is 3.23. The summed E-state index contributed by atoms with van der Waals surface area (Å²) < 4.78 is 0. The molecule has 3 atom stereocenters. The van der Waals surface area contributed by atoms with Crippen molar-refractivity contribution in [1.82, 2.24) is 15.3 Å². The summed E-state index contributed by atoms with van der Waals surface area (Å²) in [6.07, 6.45) is 2.63. The van der Waals surface area contributed by atoms with Crippen LogP contribution < -0.4 is 5.32 Å². The van der Waals surface area contributed by atoms with Gasteiger partial charge in [-0.1, -0.05) is 18.6 Å². The van der Waals surface area contributed by atoms with Gasteiger partial charge in [0, 0.05) is 5.92 Å². The Morgan fingerprint density at radius 1 is 1.30 bits per heavy atom. The number of amides is 1. The fraction of sp³-hybridized carbons (Fsp3) is 0.471. The molecule has 3 rings (SSSR count). The van der Waals surface area contributed by atoms with Crippen LogP contribution in [0.3, 0.4) is 0 Å². The first-order valence-electron chi connectivity index (χ1n) is 8.02. The van der Waals surface area contributed by atoms with Gasteiger partial charge in [-0.05, 0) is 38.3 Å². The number of benzene rings is 1. The van der Waals surface area contributed by atoms with Gasteiger partial charge >= 0.3 is 5.97 Å². The topological polar surface area (TPSA) is 95.1 Å². The van der Waals surface area contributed by atoms with E-state index < -0.39 is 11.9 Å². The Morgan fingerprint density at radius 2 is 2.04 bits per heavy atom. The Labute approximate surface area is 134 Å². The second-order valence-electron chi connectivity index (χ2n) is 6.27. The summed E-state index contributed by atoms with van der Waals surface area (Å²) >= 11 is 0. The van der Waals surface area contributed by atoms with E-state index in [1.807, 2.05) is 31.2 Å². The number of carbonyl (C=O) groups excluding carboxylic acids is 1. The minimum atomic E-state index is -0.798. The van der Waals surface area contributed by atoms with Gasteiger partial charge in [0.1, 0.15) is 5.82 Å². The number of H-pyrrole nitrogens is 1. The van der Waals surface area contributed by atoms with Crippen LogP contribution in [0.1, 0.15) is 44.5 Å². The predicted molar refractivity (Wildman–Crippen MR) is 85.7 cm³/mol. The summed E-state index contributed by atoms with van der Waals surface area (Å²) in [5.41, 5.74) is 1.81. The van der Waals surface area contributed by atoms with Crippen LogP contribution in [-0.2, 0) is 9.59 Å². The minimum Gasteiger partial charge on any atom is -0.481 e. The third-order valence-corrected chi connectivity index (χ3v) is 4.57. The Morgan fingerprint density at radius 3 is 2.78 bits per heavy atom. The molecule has 1 aliphatic carbocycles. The van der Waals surface area contributed by atoms with E-state index in [4.69, 9.17) is 5.11 Å². The molecule has 0 aliphatic heterocycles. The van der Waals surface area contributed by atoms with Crippen molar-refractivity contribution in [2.45, 2.75) is 38.6 Å². The first kappa shape index (κ1) is 15.5. The SMILES string of the molecule is CC(NC(=O)C1CCCC(C(=O)O)C1)c1nc2ccccc2[nH]1. The van der Waals surface area contributed by atoms with Crippen molar-refractivity contribution in [2.75, 3.05) is 0 Å². The van der Waals surface area contributed by atoms with Crippen molar-refractivity contribution in [3.8, 4) is 0 Å². The van der Waals surface area contributed by atoms with Gasteiger partial charge in [-0.15, -0.1) is 0 Å². The van der Waals surface area contributed by atoms with Gasteiger partial charge in [0.2, 0.25) is 5.91 Å². The monoisotopic (exact) mass is 315 g/mol. The third kappa shape index (κ3) is 3.36. The van der Waals surface area contributed by atoms with Crippen molar-refractivity contribution in [2.24, 2.45) is 11.8 Å². The number of carboxylic acid groups (broad SMARTS) is 1. The summed E-state index contributed by atoms with van der Waals surface area (Å²) in [4.78, 5) is 31.2. The Kier molecular flexibility index (Phi) is 4.32. The number of aromatic nitrogens is 2. The van der Waals surface area contributed by atoms with Crippen LogP contribution in [-0.4, -0.2) is 27.0 Å². The number of aliphatic carboxylic acids is 1. The number of aromatic amines is 1.